The summed E-state index contributed by atoms with van der Waals surface area (Å²) in [6, 6.07) is 7.05. The molecular weight excluding hydrogens is 331 g/mol. The zero-order valence-electron chi connectivity index (χ0n) is 15.1. The molecule has 4 aliphatic rings. The quantitative estimate of drug-likeness (QED) is 0.883. The fourth-order valence-electron chi connectivity index (χ4n) is 5.76. The Balaban J connectivity index is 1.27. The van der Waals surface area contributed by atoms with Crippen LogP contribution in [0.4, 0.5) is 4.39 Å². The van der Waals surface area contributed by atoms with E-state index in [0.717, 1.165) is 57.5 Å². The average Bonchev–Trinajstić information content (AvgIpc) is 3.20. The van der Waals surface area contributed by atoms with Crippen LogP contribution in [-0.2, 0) is 9.53 Å². The van der Waals surface area contributed by atoms with E-state index in [9.17, 15) is 9.18 Å². The Kier molecular flexibility index (Phi) is 4.05. The summed E-state index contributed by atoms with van der Waals surface area (Å²) in [5.41, 5.74) is 1.43. The van der Waals surface area contributed by atoms with Crippen LogP contribution < -0.4 is 5.32 Å². The van der Waals surface area contributed by atoms with Gasteiger partial charge in [0, 0.05) is 18.4 Å². The molecule has 4 nitrogen and oxygen atoms in total. The zero-order chi connectivity index (χ0) is 17.7. The number of likely N-dealkylation sites (tertiary alicyclic amines) is 1. The monoisotopic (exact) mass is 358 g/mol. The Labute approximate surface area is 154 Å². The first-order valence-electron chi connectivity index (χ1n) is 10.0. The SMILES string of the molecule is O=C(C1CC(c2ccc(F)cc2)C1)N1CC2(CCNCC2)[C@H]2COC[C@H]21. The van der Waals surface area contributed by atoms with Crippen molar-refractivity contribution in [2.45, 2.75) is 37.6 Å². The van der Waals surface area contributed by atoms with Gasteiger partial charge in [-0.3, -0.25) is 4.79 Å². The van der Waals surface area contributed by atoms with E-state index in [1.54, 1.807) is 0 Å². The Morgan fingerprint density at radius 2 is 1.88 bits per heavy atom. The van der Waals surface area contributed by atoms with Crippen LogP contribution in [0.25, 0.3) is 0 Å². The van der Waals surface area contributed by atoms with Crippen LogP contribution in [0.15, 0.2) is 24.3 Å². The highest BCUT2D eigenvalue weighted by molar-refractivity contribution is 5.81. The standard InChI is InChI=1S/C21H27FN2O2/c22-17-3-1-14(2-4-17)15-9-16(10-15)20(25)24-13-21(5-7-23-8-6-21)18-11-26-12-19(18)24/h1-4,15-16,18-19,23H,5-13H2/t15?,16?,18-,19+/m0/s1. The molecule has 0 radical (unpaired) electrons. The van der Waals surface area contributed by atoms with Gasteiger partial charge in [-0.25, -0.2) is 4.39 Å². The molecule has 2 atom stereocenters. The van der Waals surface area contributed by atoms with E-state index in [2.05, 4.69) is 10.2 Å². The molecule has 140 valence electrons. The molecule has 1 aliphatic carbocycles. The summed E-state index contributed by atoms with van der Waals surface area (Å²) in [7, 11) is 0. The van der Waals surface area contributed by atoms with Gasteiger partial charge in [0.05, 0.1) is 19.3 Å². The lowest BCUT2D eigenvalue weighted by atomic mass is 9.70. The number of benzene rings is 1. The minimum Gasteiger partial charge on any atom is -0.379 e. The maximum atomic E-state index is 13.2. The molecule has 0 aromatic heterocycles. The fraction of sp³-hybridized carbons (Fsp3) is 0.667. The van der Waals surface area contributed by atoms with Gasteiger partial charge in [-0.2, -0.15) is 0 Å². The maximum absolute atomic E-state index is 13.2. The number of fused-ring (bicyclic) bond motifs is 2. The number of hydrogen-bond acceptors (Lipinski definition) is 3. The van der Waals surface area contributed by atoms with Gasteiger partial charge in [-0.15, -0.1) is 0 Å². The number of nitrogens with zero attached hydrogens (tertiary/aromatic N) is 1. The van der Waals surface area contributed by atoms with Crippen molar-refractivity contribution in [1.29, 1.82) is 0 Å². The van der Waals surface area contributed by atoms with E-state index in [-0.39, 0.29) is 23.2 Å². The average molecular weight is 358 g/mol. The van der Waals surface area contributed by atoms with Gasteiger partial charge in [-0.05, 0) is 67.8 Å². The van der Waals surface area contributed by atoms with Crippen molar-refractivity contribution in [2.75, 3.05) is 32.8 Å². The number of halogens is 1. The van der Waals surface area contributed by atoms with Crippen LogP contribution in [0.5, 0.6) is 0 Å². The van der Waals surface area contributed by atoms with Crippen molar-refractivity contribution in [3.63, 3.8) is 0 Å². The number of piperidine rings is 1. The number of nitrogens with one attached hydrogen (secondary N) is 1. The topological polar surface area (TPSA) is 41.6 Å². The summed E-state index contributed by atoms with van der Waals surface area (Å²) in [4.78, 5) is 15.4. The molecule has 0 unspecified atom stereocenters. The van der Waals surface area contributed by atoms with Crippen LogP contribution in [-0.4, -0.2) is 49.7 Å². The van der Waals surface area contributed by atoms with Gasteiger partial charge in [-0.1, -0.05) is 12.1 Å². The van der Waals surface area contributed by atoms with Crippen LogP contribution in [0.3, 0.4) is 0 Å². The molecule has 1 aromatic rings. The third-order valence-corrected chi connectivity index (χ3v) is 7.43. The Morgan fingerprint density at radius 3 is 2.62 bits per heavy atom. The lowest BCUT2D eigenvalue weighted by Gasteiger charge is -2.39. The normalized spacial score (nSPS) is 35.3. The van der Waals surface area contributed by atoms with E-state index in [1.807, 2.05) is 12.1 Å². The van der Waals surface area contributed by atoms with Gasteiger partial charge in [0.1, 0.15) is 5.82 Å². The summed E-state index contributed by atoms with van der Waals surface area (Å²) in [6.45, 7) is 4.56. The predicted molar refractivity (Wildman–Crippen MR) is 96.2 cm³/mol. The van der Waals surface area contributed by atoms with Crippen molar-refractivity contribution in [2.24, 2.45) is 17.3 Å². The molecule has 1 amide bonds. The third-order valence-electron chi connectivity index (χ3n) is 7.43. The van der Waals surface area contributed by atoms with E-state index in [1.165, 1.54) is 12.1 Å². The second-order valence-corrected chi connectivity index (χ2v) is 8.71. The first-order chi connectivity index (χ1) is 12.7. The maximum Gasteiger partial charge on any atom is 0.226 e. The van der Waals surface area contributed by atoms with E-state index < -0.39 is 0 Å². The molecule has 5 rings (SSSR count). The fourth-order valence-corrected chi connectivity index (χ4v) is 5.76. The number of amides is 1. The third kappa shape index (κ3) is 2.59. The number of hydrogen-bond donors (Lipinski definition) is 1. The minimum atomic E-state index is -0.197. The Bertz CT molecular complexity index is 680. The van der Waals surface area contributed by atoms with Gasteiger partial charge in [0.15, 0.2) is 0 Å². The Hall–Kier alpha value is -1.46. The highest BCUT2D eigenvalue weighted by atomic mass is 19.1. The van der Waals surface area contributed by atoms with Crippen LogP contribution in [0.2, 0.25) is 0 Å². The number of carbonyl (C=O) groups excluding carboxylic acids is 1. The smallest absolute Gasteiger partial charge is 0.226 e. The van der Waals surface area contributed by atoms with E-state index in [0.29, 0.717) is 24.3 Å². The first-order valence-corrected chi connectivity index (χ1v) is 10.0. The van der Waals surface area contributed by atoms with Crippen LogP contribution in [0.1, 0.15) is 37.2 Å². The molecule has 3 aliphatic heterocycles. The molecular formula is C21H27FN2O2. The predicted octanol–water partition coefficient (Wildman–Crippen LogP) is 2.55. The molecule has 1 spiro atoms. The number of rotatable bonds is 2. The highest BCUT2D eigenvalue weighted by Crippen LogP contribution is 2.51. The van der Waals surface area contributed by atoms with Gasteiger partial charge in [0.25, 0.3) is 0 Å². The first kappa shape index (κ1) is 16.7. The van der Waals surface area contributed by atoms with Crippen LogP contribution in [0, 0.1) is 23.1 Å². The largest absolute Gasteiger partial charge is 0.379 e. The van der Waals surface area contributed by atoms with Gasteiger partial charge in [0.2, 0.25) is 5.91 Å². The second-order valence-electron chi connectivity index (χ2n) is 8.71. The molecule has 4 fully saturated rings. The van der Waals surface area contributed by atoms with Crippen molar-refractivity contribution in [3.8, 4) is 0 Å². The van der Waals surface area contributed by atoms with Gasteiger partial charge >= 0.3 is 0 Å². The molecule has 1 aromatic carbocycles. The molecule has 1 saturated carbocycles. The summed E-state index contributed by atoms with van der Waals surface area (Å²) in [5, 5.41) is 3.46. The zero-order valence-corrected chi connectivity index (χ0v) is 15.1. The number of carbonyl (C=O) groups is 1. The van der Waals surface area contributed by atoms with Crippen molar-refractivity contribution in [3.05, 3.63) is 35.6 Å². The summed E-state index contributed by atoms with van der Waals surface area (Å²) < 4.78 is 18.9. The highest BCUT2D eigenvalue weighted by Gasteiger charge is 2.57. The lowest BCUT2D eigenvalue weighted by Crippen LogP contribution is -2.46. The molecule has 3 heterocycles. The second kappa shape index (κ2) is 6.31. The summed E-state index contributed by atoms with van der Waals surface area (Å²) in [5.74, 6) is 1.18. The number of ether oxygens (including phenoxy) is 1. The van der Waals surface area contributed by atoms with Crippen molar-refractivity contribution in [1.82, 2.24) is 10.2 Å². The molecule has 0 bridgehead atoms. The molecule has 5 heteroatoms. The molecule has 1 N–H and O–H groups in total. The minimum absolute atomic E-state index is 0.128. The summed E-state index contributed by atoms with van der Waals surface area (Å²) in [6.07, 6.45) is 4.11. The van der Waals surface area contributed by atoms with Crippen LogP contribution >= 0.6 is 0 Å². The van der Waals surface area contributed by atoms with Gasteiger partial charge < -0.3 is 15.0 Å². The Morgan fingerprint density at radius 1 is 1.15 bits per heavy atom. The van der Waals surface area contributed by atoms with Crippen molar-refractivity contribution >= 4 is 5.91 Å². The molecule has 26 heavy (non-hydrogen) atoms. The lowest BCUT2D eigenvalue weighted by molar-refractivity contribution is -0.140. The van der Waals surface area contributed by atoms with E-state index in [4.69, 9.17) is 4.74 Å². The molecule has 3 saturated heterocycles. The summed E-state index contributed by atoms with van der Waals surface area (Å²) >= 11 is 0. The van der Waals surface area contributed by atoms with Crippen molar-refractivity contribution < 1.29 is 13.9 Å². The van der Waals surface area contributed by atoms with E-state index >= 15 is 0 Å².